The molecule has 0 spiro atoms. The molecule has 3 heteroatoms. The number of aliphatic hydroxyl groups is 1. The summed E-state index contributed by atoms with van der Waals surface area (Å²) in [7, 11) is 0. The van der Waals surface area contributed by atoms with E-state index in [0.717, 1.165) is 6.42 Å². The number of nitrogens with one attached hydrogen (secondary N) is 1. The van der Waals surface area contributed by atoms with Crippen LogP contribution in [-0.2, 0) is 4.79 Å². The predicted octanol–water partition coefficient (Wildman–Crippen LogP) is 1.56. The van der Waals surface area contributed by atoms with E-state index < -0.39 is 0 Å². The summed E-state index contributed by atoms with van der Waals surface area (Å²) in [4.78, 5) is 11.7. The monoisotopic (exact) mass is 201 g/mol. The Hall–Kier alpha value is -0.570. The van der Waals surface area contributed by atoms with Crippen LogP contribution in [0, 0.1) is 11.3 Å². The van der Waals surface area contributed by atoms with E-state index in [1.54, 1.807) is 0 Å². The molecule has 84 valence electrons. The van der Waals surface area contributed by atoms with Crippen molar-refractivity contribution in [1.29, 1.82) is 0 Å². The molecule has 0 rings (SSSR count). The van der Waals surface area contributed by atoms with Crippen LogP contribution in [-0.4, -0.2) is 23.7 Å². The van der Waals surface area contributed by atoms with E-state index in [1.165, 1.54) is 0 Å². The fourth-order valence-electron chi connectivity index (χ4n) is 0.947. The minimum atomic E-state index is -0.345. The standard InChI is InChI=1S/C11H23NO2/c1-6-11(4,5)10(14)12-9(7-13)8(2)3/h8-9,13H,6-7H2,1-5H3,(H,12,14). The van der Waals surface area contributed by atoms with Crippen molar-refractivity contribution in [3.63, 3.8) is 0 Å². The molecule has 0 aromatic carbocycles. The first kappa shape index (κ1) is 13.4. The lowest BCUT2D eigenvalue weighted by molar-refractivity contribution is -0.130. The summed E-state index contributed by atoms with van der Waals surface area (Å²) in [5.74, 6) is 0.282. The minimum absolute atomic E-state index is 0.00318. The summed E-state index contributed by atoms with van der Waals surface area (Å²) in [6, 6.07) is -0.131. The van der Waals surface area contributed by atoms with Gasteiger partial charge in [0.25, 0.3) is 0 Å². The number of aliphatic hydroxyl groups excluding tert-OH is 1. The van der Waals surface area contributed by atoms with Crippen LogP contribution < -0.4 is 5.32 Å². The third-order valence-corrected chi connectivity index (χ3v) is 2.82. The number of rotatable bonds is 5. The van der Waals surface area contributed by atoms with Gasteiger partial charge in [0.15, 0.2) is 0 Å². The number of carbonyl (C=O) groups is 1. The minimum Gasteiger partial charge on any atom is -0.394 e. The molecule has 14 heavy (non-hydrogen) atoms. The zero-order valence-corrected chi connectivity index (χ0v) is 9.92. The highest BCUT2D eigenvalue weighted by atomic mass is 16.3. The van der Waals surface area contributed by atoms with Gasteiger partial charge >= 0.3 is 0 Å². The van der Waals surface area contributed by atoms with Gasteiger partial charge in [0.1, 0.15) is 0 Å². The molecule has 0 aliphatic rings. The fourth-order valence-corrected chi connectivity index (χ4v) is 0.947. The van der Waals surface area contributed by atoms with Crippen molar-refractivity contribution in [1.82, 2.24) is 5.32 Å². The van der Waals surface area contributed by atoms with Crippen LogP contribution >= 0.6 is 0 Å². The average molecular weight is 201 g/mol. The summed E-state index contributed by atoms with van der Waals surface area (Å²) in [6.45, 7) is 9.79. The predicted molar refractivity (Wildman–Crippen MR) is 57.9 cm³/mol. The zero-order chi connectivity index (χ0) is 11.4. The number of hydrogen-bond donors (Lipinski definition) is 2. The summed E-state index contributed by atoms with van der Waals surface area (Å²) >= 11 is 0. The lowest BCUT2D eigenvalue weighted by Gasteiger charge is -2.27. The Morgan fingerprint density at radius 1 is 1.43 bits per heavy atom. The van der Waals surface area contributed by atoms with Crippen molar-refractivity contribution in [2.75, 3.05) is 6.61 Å². The van der Waals surface area contributed by atoms with Gasteiger partial charge in [-0.2, -0.15) is 0 Å². The summed E-state index contributed by atoms with van der Waals surface area (Å²) < 4.78 is 0. The molecule has 0 bridgehead atoms. The van der Waals surface area contributed by atoms with Crippen molar-refractivity contribution in [3.8, 4) is 0 Å². The fraction of sp³-hybridized carbons (Fsp3) is 0.909. The van der Waals surface area contributed by atoms with Gasteiger partial charge < -0.3 is 10.4 Å². The first-order valence-corrected chi connectivity index (χ1v) is 5.27. The molecule has 0 saturated heterocycles. The lowest BCUT2D eigenvalue weighted by atomic mass is 9.88. The van der Waals surface area contributed by atoms with Crippen LogP contribution in [0.2, 0.25) is 0 Å². The van der Waals surface area contributed by atoms with E-state index in [0.29, 0.717) is 0 Å². The Kier molecular flexibility index (Phi) is 5.13. The summed E-state index contributed by atoms with van der Waals surface area (Å²) in [5.41, 5.74) is -0.345. The largest absolute Gasteiger partial charge is 0.394 e. The molecule has 0 aliphatic carbocycles. The van der Waals surface area contributed by atoms with Gasteiger partial charge in [-0.15, -0.1) is 0 Å². The second-order valence-corrected chi connectivity index (χ2v) is 4.74. The van der Waals surface area contributed by atoms with E-state index in [2.05, 4.69) is 5.32 Å². The quantitative estimate of drug-likeness (QED) is 0.709. The topological polar surface area (TPSA) is 49.3 Å². The SMILES string of the molecule is CCC(C)(C)C(=O)NC(CO)C(C)C. The van der Waals surface area contributed by atoms with Crippen LogP contribution in [0.25, 0.3) is 0 Å². The van der Waals surface area contributed by atoms with Crippen molar-refractivity contribution in [2.45, 2.75) is 47.1 Å². The number of amides is 1. The van der Waals surface area contributed by atoms with Gasteiger partial charge in [-0.3, -0.25) is 4.79 Å². The highest BCUT2D eigenvalue weighted by molar-refractivity contribution is 5.82. The average Bonchev–Trinajstić information content (AvgIpc) is 2.12. The third kappa shape index (κ3) is 3.66. The van der Waals surface area contributed by atoms with Gasteiger partial charge in [-0.05, 0) is 12.3 Å². The number of hydrogen-bond acceptors (Lipinski definition) is 2. The Bertz CT molecular complexity index is 188. The normalized spacial score (nSPS) is 14.2. The Morgan fingerprint density at radius 2 is 1.93 bits per heavy atom. The highest BCUT2D eigenvalue weighted by Gasteiger charge is 2.27. The molecule has 2 N–H and O–H groups in total. The van der Waals surface area contributed by atoms with E-state index in [1.807, 2.05) is 34.6 Å². The molecule has 0 saturated carbocycles. The molecule has 0 aromatic rings. The zero-order valence-electron chi connectivity index (χ0n) is 9.92. The molecular weight excluding hydrogens is 178 g/mol. The molecule has 0 aliphatic heterocycles. The van der Waals surface area contributed by atoms with Gasteiger partial charge in [0.2, 0.25) is 5.91 Å². The van der Waals surface area contributed by atoms with Crippen molar-refractivity contribution in [3.05, 3.63) is 0 Å². The van der Waals surface area contributed by atoms with E-state index >= 15 is 0 Å². The molecule has 1 atom stereocenters. The van der Waals surface area contributed by atoms with Crippen LogP contribution in [0.1, 0.15) is 41.0 Å². The molecule has 3 nitrogen and oxygen atoms in total. The van der Waals surface area contributed by atoms with Gasteiger partial charge in [-0.25, -0.2) is 0 Å². The smallest absolute Gasteiger partial charge is 0.225 e. The molecule has 0 radical (unpaired) electrons. The van der Waals surface area contributed by atoms with Crippen molar-refractivity contribution < 1.29 is 9.90 Å². The van der Waals surface area contributed by atoms with Crippen molar-refractivity contribution >= 4 is 5.91 Å². The second-order valence-electron chi connectivity index (χ2n) is 4.74. The van der Waals surface area contributed by atoms with E-state index in [4.69, 9.17) is 5.11 Å². The lowest BCUT2D eigenvalue weighted by Crippen LogP contribution is -2.46. The maximum Gasteiger partial charge on any atom is 0.225 e. The molecular formula is C11H23NO2. The maximum atomic E-state index is 11.7. The first-order valence-electron chi connectivity index (χ1n) is 5.27. The summed E-state index contributed by atoms with van der Waals surface area (Å²) in [6.07, 6.45) is 0.801. The second kappa shape index (κ2) is 5.35. The van der Waals surface area contributed by atoms with Crippen LogP contribution in [0.15, 0.2) is 0 Å². The van der Waals surface area contributed by atoms with Crippen molar-refractivity contribution in [2.24, 2.45) is 11.3 Å². The van der Waals surface area contributed by atoms with Crippen LogP contribution in [0.5, 0.6) is 0 Å². The van der Waals surface area contributed by atoms with E-state index in [-0.39, 0.29) is 29.9 Å². The van der Waals surface area contributed by atoms with Crippen LogP contribution in [0.4, 0.5) is 0 Å². The third-order valence-electron chi connectivity index (χ3n) is 2.82. The van der Waals surface area contributed by atoms with Gasteiger partial charge in [0.05, 0.1) is 12.6 Å². The highest BCUT2D eigenvalue weighted by Crippen LogP contribution is 2.20. The Labute approximate surface area is 86.9 Å². The van der Waals surface area contributed by atoms with Crippen LogP contribution in [0.3, 0.4) is 0 Å². The van der Waals surface area contributed by atoms with Gasteiger partial charge in [0, 0.05) is 5.41 Å². The molecule has 0 heterocycles. The maximum absolute atomic E-state index is 11.7. The Balaban J connectivity index is 4.30. The molecule has 1 unspecified atom stereocenters. The number of carbonyl (C=O) groups excluding carboxylic acids is 1. The first-order chi connectivity index (χ1) is 6.35. The molecule has 1 amide bonds. The van der Waals surface area contributed by atoms with E-state index in [9.17, 15) is 4.79 Å². The molecule has 0 fully saturated rings. The van der Waals surface area contributed by atoms with Gasteiger partial charge in [-0.1, -0.05) is 34.6 Å². The molecule has 0 aromatic heterocycles. The Morgan fingerprint density at radius 3 is 2.21 bits per heavy atom. The summed E-state index contributed by atoms with van der Waals surface area (Å²) in [5, 5.41) is 11.9.